The van der Waals surface area contributed by atoms with Crippen molar-refractivity contribution in [1.29, 1.82) is 0 Å². The lowest BCUT2D eigenvalue weighted by atomic mass is 10.0. The van der Waals surface area contributed by atoms with E-state index in [-0.39, 0.29) is 12.5 Å². The van der Waals surface area contributed by atoms with E-state index < -0.39 is 12.1 Å². The molecule has 334 valence electrons. The van der Waals surface area contributed by atoms with Crippen molar-refractivity contribution in [2.24, 2.45) is 0 Å². The lowest BCUT2D eigenvalue weighted by Crippen LogP contribution is -2.45. The van der Waals surface area contributed by atoms with Crippen LogP contribution in [-0.4, -0.2) is 34.9 Å². The van der Waals surface area contributed by atoms with Crippen LogP contribution in [0.2, 0.25) is 0 Å². The highest BCUT2D eigenvalue weighted by Gasteiger charge is 2.20. The predicted molar refractivity (Wildman–Crippen MR) is 249 cm³/mol. The third-order valence-electron chi connectivity index (χ3n) is 12.3. The van der Waals surface area contributed by atoms with Gasteiger partial charge in [0.05, 0.1) is 18.8 Å². The molecule has 0 aromatic rings. The Bertz CT molecular complexity index is 769. The first-order valence-electron chi connectivity index (χ1n) is 25.9. The largest absolute Gasteiger partial charge is 0.394 e. The van der Waals surface area contributed by atoms with E-state index in [1.54, 1.807) is 0 Å². The molecule has 4 nitrogen and oxygen atoms in total. The van der Waals surface area contributed by atoms with Crippen LogP contribution in [0, 0.1) is 0 Å². The summed E-state index contributed by atoms with van der Waals surface area (Å²) in [6.45, 7) is 4.36. The van der Waals surface area contributed by atoms with Crippen molar-refractivity contribution in [3.8, 4) is 0 Å². The number of carbonyl (C=O) groups excluding carboxylic acids is 1. The Morgan fingerprint density at radius 2 is 0.679 bits per heavy atom. The van der Waals surface area contributed by atoms with Gasteiger partial charge in [-0.05, 0) is 38.5 Å². The van der Waals surface area contributed by atoms with Crippen LogP contribution in [0.25, 0.3) is 0 Å². The molecule has 0 rings (SSSR count). The summed E-state index contributed by atoms with van der Waals surface area (Å²) >= 11 is 0. The number of carbonyl (C=O) groups is 1. The maximum atomic E-state index is 12.4. The van der Waals surface area contributed by atoms with E-state index in [2.05, 4.69) is 31.3 Å². The zero-order valence-electron chi connectivity index (χ0n) is 38.4. The van der Waals surface area contributed by atoms with Crippen molar-refractivity contribution in [3.05, 3.63) is 12.2 Å². The Hall–Kier alpha value is -0.870. The first-order valence-corrected chi connectivity index (χ1v) is 25.9. The van der Waals surface area contributed by atoms with E-state index in [1.165, 1.54) is 244 Å². The average Bonchev–Trinajstić information content (AvgIpc) is 3.20. The molecule has 0 fully saturated rings. The predicted octanol–water partition coefficient (Wildman–Crippen LogP) is 16.6. The molecule has 0 heterocycles. The molecule has 2 atom stereocenters. The molecule has 0 aliphatic rings. The summed E-state index contributed by atoms with van der Waals surface area (Å²) < 4.78 is 0. The zero-order valence-corrected chi connectivity index (χ0v) is 38.4. The molecule has 0 spiro atoms. The Labute approximate surface area is 352 Å². The number of unbranched alkanes of at least 4 members (excludes halogenated alkanes) is 39. The second-order valence-electron chi connectivity index (χ2n) is 17.9. The molecule has 1 amide bonds. The first kappa shape index (κ1) is 55.1. The molecular weight excluding hydrogens is 687 g/mol. The fourth-order valence-electron chi connectivity index (χ4n) is 8.30. The normalized spacial score (nSPS) is 12.9. The van der Waals surface area contributed by atoms with E-state index in [4.69, 9.17) is 0 Å². The van der Waals surface area contributed by atoms with Gasteiger partial charge in [0, 0.05) is 6.42 Å². The van der Waals surface area contributed by atoms with Crippen LogP contribution in [0.1, 0.15) is 296 Å². The van der Waals surface area contributed by atoms with Gasteiger partial charge in [-0.25, -0.2) is 0 Å². The Morgan fingerprint density at radius 1 is 0.411 bits per heavy atom. The quantitative estimate of drug-likeness (QED) is 0.0425. The van der Waals surface area contributed by atoms with Crippen molar-refractivity contribution in [1.82, 2.24) is 5.32 Å². The third kappa shape index (κ3) is 44.2. The van der Waals surface area contributed by atoms with Crippen LogP contribution in [0.5, 0.6) is 0 Å². The van der Waals surface area contributed by atoms with Crippen LogP contribution in [0.15, 0.2) is 12.2 Å². The van der Waals surface area contributed by atoms with Crippen LogP contribution in [0.3, 0.4) is 0 Å². The molecule has 56 heavy (non-hydrogen) atoms. The minimum absolute atomic E-state index is 0.0288. The van der Waals surface area contributed by atoms with Gasteiger partial charge in [0.1, 0.15) is 0 Å². The van der Waals surface area contributed by atoms with Gasteiger partial charge in [-0.1, -0.05) is 264 Å². The highest BCUT2D eigenvalue weighted by molar-refractivity contribution is 5.76. The maximum absolute atomic E-state index is 12.4. The summed E-state index contributed by atoms with van der Waals surface area (Å²) in [6.07, 6.45) is 62.1. The van der Waals surface area contributed by atoms with Crippen molar-refractivity contribution in [3.63, 3.8) is 0 Å². The number of aliphatic hydroxyl groups is 2. The number of hydrogen-bond donors (Lipinski definition) is 3. The fraction of sp³-hybridized carbons (Fsp3) is 0.942. The van der Waals surface area contributed by atoms with Gasteiger partial charge in [0.25, 0.3) is 0 Å². The number of amides is 1. The summed E-state index contributed by atoms with van der Waals surface area (Å²) in [6, 6.07) is -0.530. The molecule has 0 aliphatic carbocycles. The number of hydrogen-bond acceptors (Lipinski definition) is 3. The number of allylic oxidation sites excluding steroid dienone is 2. The van der Waals surface area contributed by atoms with E-state index >= 15 is 0 Å². The van der Waals surface area contributed by atoms with Crippen LogP contribution in [0.4, 0.5) is 0 Å². The molecule has 3 N–H and O–H groups in total. The van der Waals surface area contributed by atoms with Gasteiger partial charge in [-0.15, -0.1) is 0 Å². The van der Waals surface area contributed by atoms with E-state index in [0.717, 1.165) is 25.7 Å². The molecule has 0 saturated carbocycles. The Balaban J connectivity index is 3.34. The minimum Gasteiger partial charge on any atom is -0.394 e. The molecule has 4 heteroatoms. The molecule has 0 aliphatic heterocycles. The van der Waals surface area contributed by atoms with Gasteiger partial charge >= 0.3 is 0 Å². The molecule has 0 aromatic heterocycles. The SMILES string of the molecule is CCCCCCCCCCCCCCCC/C=C\CCCCCCCCCCCCCCCCCCCC(=O)NC(CO)C(O)CCCCCCCCCCC. The molecule has 2 unspecified atom stereocenters. The Morgan fingerprint density at radius 3 is 0.982 bits per heavy atom. The number of aliphatic hydroxyl groups excluding tert-OH is 2. The van der Waals surface area contributed by atoms with Gasteiger partial charge in [0.2, 0.25) is 5.91 Å². The van der Waals surface area contributed by atoms with E-state index in [9.17, 15) is 15.0 Å². The second kappa shape index (κ2) is 48.5. The van der Waals surface area contributed by atoms with Crippen molar-refractivity contribution < 1.29 is 15.0 Å². The highest BCUT2D eigenvalue weighted by Crippen LogP contribution is 2.17. The smallest absolute Gasteiger partial charge is 0.220 e. The monoisotopic (exact) mass is 790 g/mol. The Kier molecular flexibility index (Phi) is 47.7. The molecule has 0 radical (unpaired) electrons. The molecule has 0 saturated heterocycles. The average molecular weight is 790 g/mol. The van der Waals surface area contributed by atoms with Crippen molar-refractivity contribution in [2.75, 3.05) is 6.61 Å². The zero-order chi connectivity index (χ0) is 40.7. The van der Waals surface area contributed by atoms with Crippen molar-refractivity contribution >= 4 is 5.91 Å². The lowest BCUT2D eigenvalue weighted by molar-refractivity contribution is -0.123. The first-order chi connectivity index (χ1) is 27.7. The van der Waals surface area contributed by atoms with Crippen molar-refractivity contribution in [2.45, 2.75) is 309 Å². The summed E-state index contributed by atoms with van der Waals surface area (Å²) in [7, 11) is 0. The standard InChI is InChI=1S/C52H103NO3/c1-3-5-7-9-11-13-14-15-16-17-18-19-20-21-22-23-24-25-26-27-28-29-30-31-32-33-34-35-36-37-38-40-42-44-46-48-52(56)53-50(49-54)51(55)47-45-43-41-39-12-10-8-6-4-2/h23-24,50-51,54-55H,3-22,25-49H2,1-2H3,(H,53,56)/b24-23-. The van der Waals surface area contributed by atoms with Crippen LogP contribution in [-0.2, 0) is 4.79 Å². The highest BCUT2D eigenvalue weighted by atomic mass is 16.3. The van der Waals surface area contributed by atoms with Crippen LogP contribution < -0.4 is 5.32 Å². The van der Waals surface area contributed by atoms with E-state index in [0.29, 0.717) is 12.8 Å². The molecular formula is C52H103NO3. The molecule has 0 bridgehead atoms. The topological polar surface area (TPSA) is 69.6 Å². The summed E-state index contributed by atoms with van der Waals surface area (Å²) in [5.41, 5.74) is 0. The number of rotatable bonds is 48. The molecule has 0 aromatic carbocycles. The summed E-state index contributed by atoms with van der Waals surface area (Å²) in [5.74, 6) is -0.0288. The van der Waals surface area contributed by atoms with Gasteiger partial charge in [0.15, 0.2) is 0 Å². The minimum atomic E-state index is -0.653. The fourth-order valence-corrected chi connectivity index (χ4v) is 8.30. The van der Waals surface area contributed by atoms with Gasteiger partial charge < -0.3 is 15.5 Å². The third-order valence-corrected chi connectivity index (χ3v) is 12.3. The van der Waals surface area contributed by atoms with Gasteiger partial charge in [-0.3, -0.25) is 4.79 Å². The second-order valence-corrected chi connectivity index (χ2v) is 17.9. The maximum Gasteiger partial charge on any atom is 0.220 e. The summed E-state index contributed by atoms with van der Waals surface area (Å²) in [5, 5.41) is 23.1. The van der Waals surface area contributed by atoms with Crippen LogP contribution >= 0.6 is 0 Å². The van der Waals surface area contributed by atoms with E-state index in [1.807, 2.05) is 0 Å². The summed E-state index contributed by atoms with van der Waals surface area (Å²) in [4.78, 5) is 12.4. The number of nitrogens with one attached hydrogen (secondary N) is 1. The van der Waals surface area contributed by atoms with Gasteiger partial charge in [-0.2, -0.15) is 0 Å². The lowest BCUT2D eigenvalue weighted by Gasteiger charge is -2.22.